The van der Waals surface area contributed by atoms with Crippen LogP contribution in [0.25, 0.3) is 0 Å². The van der Waals surface area contributed by atoms with Crippen molar-refractivity contribution in [3.05, 3.63) is 65.5 Å². The summed E-state index contributed by atoms with van der Waals surface area (Å²) in [6, 6.07) is 12.7. The highest BCUT2D eigenvalue weighted by Gasteiger charge is 2.14. The monoisotopic (exact) mass is 314 g/mol. The summed E-state index contributed by atoms with van der Waals surface area (Å²) in [4.78, 5) is 24.0. The highest BCUT2D eigenvalue weighted by atomic mass is 19.1. The molecule has 1 atom stereocenters. The van der Waals surface area contributed by atoms with E-state index in [0.29, 0.717) is 11.3 Å². The van der Waals surface area contributed by atoms with Crippen LogP contribution in [0.1, 0.15) is 29.3 Å². The Morgan fingerprint density at radius 2 is 1.83 bits per heavy atom. The minimum absolute atomic E-state index is 0.106. The summed E-state index contributed by atoms with van der Waals surface area (Å²) in [6.07, 6.45) is 0.106. The minimum Gasteiger partial charge on any atom is -0.349 e. The van der Waals surface area contributed by atoms with Gasteiger partial charge in [-0.1, -0.05) is 24.3 Å². The lowest BCUT2D eigenvalue weighted by molar-refractivity contribution is -0.116. The molecule has 0 saturated heterocycles. The first-order chi connectivity index (χ1) is 11.0. The molecular formula is C18H19FN2O2. The molecule has 0 aliphatic carbocycles. The summed E-state index contributed by atoms with van der Waals surface area (Å²) in [5.74, 6) is -0.913. The van der Waals surface area contributed by atoms with Gasteiger partial charge in [0.2, 0.25) is 5.91 Å². The molecular weight excluding hydrogens is 295 g/mol. The van der Waals surface area contributed by atoms with Crippen molar-refractivity contribution in [1.82, 2.24) is 5.32 Å². The number of halogens is 1. The number of anilines is 1. The van der Waals surface area contributed by atoms with Gasteiger partial charge in [0.15, 0.2) is 0 Å². The third-order valence-corrected chi connectivity index (χ3v) is 3.38. The molecule has 0 aliphatic rings. The maximum atomic E-state index is 13.2. The second-order valence-electron chi connectivity index (χ2n) is 5.45. The van der Waals surface area contributed by atoms with E-state index in [0.717, 1.165) is 5.56 Å². The standard InChI is InChI=1S/C18H19FN2O2/c1-12-8-9-15(19)11-16(12)21-17(22)10-13(2)20-18(23)14-6-4-3-5-7-14/h3-9,11,13H,10H2,1-2H3,(H,20,23)(H,21,22). The maximum Gasteiger partial charge on any atom is 0.251 e. The van der Waals surface area contributed by atoms with E-state index < -0.39 is 5.82 Å². The zero-order valence-electron chi connectivity index (χ0n) is 13.1. The van der Waals surface area contributed by atoms with Crippen molar-refractivity contribution >= 4 is 17.5 Å². The van der Waals surface area contributed by atoms with E-state index in [2.05, 4.69) is 10.6 Å². The Hall–Kier alpha value is -2.69. The van der Waals surface area contributed by atoms with Gasteiger partial charge in [0.1, 0.15) is 5.82 Å². The summed E-state index contributed by atoms with van der Waals surface area (Å²) in [6.45, 7) is 3.54. The predicted molar refractivity (Wildman–Crippen MR) is 87.8 cm³/mol. The second-order valence-corrected chi connectivity index (χ2v) is 5.45. The van der Waals surface area contributed by atoms with Gasteiger partial charge in [-0.3, -0.25) is 9.59 Å². The number of amides is 2. The molecule has 2 aromatic carbocycles. The van der Waals surface area contributed by atoms with Gasteiger partial charge in [0.05, 0.1) is 0 Å². The van der Waals surface area contributed by atoms with E-state index in [-0.39, 0.29) is 24.3 Å². The number of carbonyl (C=O) groups excluding carboxylic acids is 2. The summed E-state index contributed by atoms with van der Waals surface area (Å²) >= 11 is 0. The molecule has 0 radical (unpaired) electrons. The van der Waals surface area contributed by atoms with E-state index in [1.54, 1.807) is 44.2 Å². The zero-order chi connectivity index (χ0) is 16.8. The molecule has 0 aliphatic heterocycles. The Bertz CT molecular complexity index is 701. The highest BCUT2D eigenvalue weighted by molar-refractivity contribution is 5.95. The molecule has 2 rings (SSSR count). The average molecular weight is 314 g/mol. The van der Waals surface area contributed by atoms with Gasteiger partial charge in [-0.2, -0.15) is 0 Å². The number of rotatable bonds is 5. The lowest BCUT2D eigenvalue weighted by Gasteiger charge is -2.14. The first-order valence-corrected chi connectivity index (χ1v) is 7.37. The van der Waals surface area contributed by atoms with E-state index in [1.807, 2.05) is 6.07 Å². The van der Waals surface area contributed by atoms with Crippen molar-refractivity contribution < 1.29 is 14.0 Å². The number of hydrogen-bond donors (Lipinski definition) is 2. The van der Waals surface area contributed by atoms with Crippen molar-refractivity contribution in [2.45, 2.75) is 26.3 Å². The average Bonchev–Trinajstić information content (AvgIpc) is 2.51. The van der Waals surface area contributed by atoms with Crippen molar-refractivity contribution in [2.75, 3.05) is 5.32 Å². The maximum absolute atomic E-state index is 13.2. The molecule has 0 bridgehead atoms. The van der Waals surface area contributed by atoms with Crippen molar-refractivity contribution in [3.63, 3.8) is 0 Å². The van der Waals surface area contributed by atoms with Crippen molar-refractivity contribution in [2.24, 2.45) is 0 Å². The van der Waals surface area contributed by atoms with Crippen molar-refractivity contribution in [3.8, 4) is 0 Å². The minimum atomic E-state index is -0.406. The Kier molecular flexibility index (Phi) is 5.46. The van der Waals surface area contributed by atoms with Crippen LogP contribution in [0.2, 0.25) is 0 Å². The molecule has 0 aromatic heterocycles. The quantitative estimate of drug-likeness (QED) is 0.890. The van der Waals surface area contributed by atoms with Crippen LogP contribution in [0, 0.1) is 12.7 Å². The molecule has 2 aromatic rings. The van der Waals surface area contributed by atoms with Gasteiger partial charge in [-0.05, 0) is 43.7 Å². The van der Waals surface area contributed by atoms with E-state index >= 15 is 0 Å². The molecule has 0 heterocycles. The predicted octanol–water partition coefficient (Wildman–Crippen LogP) is 3.28. The van der Waals surface area contributed by atoms with Crippen molar-refractivity contribution in [1.29, 1.82) is 0 Å². The van der Waals surface area contributed by atoms with Gasteiger partial charge >= 0.3 is 0 Å². The fraction of sp³-hybridized carbons (Fsp3) is 0.222. The van der Waals surface area contributed by atoms with Crippen LogP contribution < -0.4 is 10.6 Å². The van der Waals surface area contributed by atoms with Gasteiger partial charge in [0.25, 0.3) is 5.91 Å². The molecule has 0 saturated carbocycles. The fourth-order valence-corrected chi connectivity index (χ4v) is 2.16. The Morgan fingerprint density at radius 3 is 2.52 bits per heavy atom. The van der Waals surface area contributed by atoms with Gasteiger partial charge in [0, 0.05) is 23.7 Å². The molecule has 2 amide bonds. The second kappa shape index (κ2) is 7.54. The summed E-state index contributed by atoms with van der Waals surface area (Å²) in [5.41, 5.74) is 1.76. The smallest absolute Gasteiger partial charge is 0.251 e. The van der Waals surface area contributed by atoms with Gasteiger partial charge in [-0.25, -0.2) is 4.39 Å². The van der Waals surface area contributed by atoms with Gasteiger partial charge < -0.3 is 10.6 Å². The molecule has 23 heavy (non-hydrogen) atoms. The molecule has 0 spiro atoms. The Labute approximate surface area is 134 Å². The third-order valence-electron chi connectivity index (χ3n) is 3.38. The highest BCUT2D eigenvalue weighted by Crippen LogP contribution is 2.16. The molecule has 5 heteroatoms. The lowest BCUT2D eigenvalue weighted by atomic mass is 10.1. The number of aryl methyl sites for hydroxylation is 1. The largest absolute Gasteiger partial charge is 0.349 e. The molecule has 1 unspecified atom stereocenters. The van der Waals surface area contributed by atoms with E-state index in [4.69, 9.17) is 0 Å². The van der Waals surface area contributed by atoms with E-state index in [1.165, 1.54) is 12.1 Å². The topological polar surface area (TPSA) is 58.2 Å². The molecule has 4 nitrogen and oxygen atoms in total. The van der Waals surface area contributed by atoms with E-state index in [9.17, 15) is 14.0 Å². The van der Waals surface area contributed by atoms with Crippen LogP contribution in [0.15, 0.2) is 48.5 Å². The van der Waals surface area contributed by atoms with Crippen LogP contribution in [0.5, 0.6) is 0 Å². The summed E-state index contributed by atoms with van der Waals surface area (Å²) in [7, 11) is 0. The van der Waals surface area contributed by atoms with Crippen LogP contribution in [0.3, 0.4) is 0 Å². The Balaban J connectivity index is 1.90. The van der Waals surface area contributed by atoms with Crippen LogP contribution in [-0.2, 0) is 4.79 Å². The van der Waals surface area contributed by atoms with Gasteiger partial charge in [-0.15, -0.1) is 0 Å². The number of carbonyl (C=O) groups is 2. The normalized spacial score (nSPS) is 11.6. The lowest BCUT2D eigenvalue weighted by Crippen LogP contribution is -2.35. The molecule has 120 valence electrons. The third kappa shape index (κ3) is 4.92. The van der Waals surface area contributed by atoms with Crippen LogP contribution in [0.4, 0.5) is 10.1 Å². The summed E-state index contributed by atoms with van der Waals surface area (Å²) < 4.78 is 13.2. The summed E-state index contributed by atoms with van der Waals surface area (Å²) in [5, 5.41) is 5.43. The fourth-order valence-electron chi connectivity index (χ4n) is 2.16. The Morgan fingerprint density at radius 1 is 1.13 bits per heavy atom. The first-order valence-electron chi connectivity index (χ1n) is 7.37. The molecule has 2 N–H and O–H groups in total. The number of hydrogen-bond acceptors (Lipinski definition) is 2. The van der Waals surface area contributed by atoms with Crippen LogP contribution >= 0.6 is 0 Å². The SMILES string of the molecule is Cc1ccc(F)cc1NC(=O)CC(C)NC(=O)c1ccccc1. The number of nitrogens with one attached hydrogen (secondary N) is 2. The van der Waals surface area contributed by atoms with Crippen LogP contribution in [-0.4, -0.2) is 17.9 Å². The molecule has 0 fully saturated rings. The number of benzene rings is 2. The first kappa shape index (κ1) is 16.7. The zero-order valence-corrected chi connectivity index (χ0v) is 13.1.